The second-order valence-corrected chi connectivity index (χ2v) is 5.51. The van der Waals surface area contributed by atoms with Gasteiger partial charge in [0, 0.05) is 28.3 Å². The molecule has 0 spiro atoms. The first kappa shape index (κ1) is 11.9. The van der Waals surface area contributed by atoms with Crippen molar-refractivity contribution in [1.29, 1.82) is 0 Å². The highest BCUT2D eigenvalue weighted by molar-refractivity contribution is 9.10. The minimum absolute atomic E-state index is 0.438. The molecule has 16 heavy (non-hydrogen) atoms. The molecule has 1 aromatic rings. The largest absolute Gasteiger partial charge is 0.389 e. The molecule has 1 atom stereocenters. The van der Waals surface area contributed by atoms with Gasteiger partial charge in [-0.1, -0.05) is 12.2 Å². The van der Waals surface area contributed by atoms with Gasteiger partial charge in [0.2, 0.25) is 0 Å². The maximum atomic E-state index is 5.63. The first-order chi connectivity index (χ1) is 7.59. The second kappa shape index (κ2) is 4.72. The maximum absolute atomic E-state index is 5.63. The van der Waals surface area contributed by atoms with Crippen LogP contribution >= 0.6 is 28.1 Å². The summed E-state index contributed by atoms with van der Waals surface area (Å²) >= 11 is 8.51. The zero-order chi connectivity index (χ0) is 11.7. The van der Waals surface area contributed by atoms with Gasteiger partial charge in [-0.25, -0.2) is 0 Å². The minimum Gasteiger partial charge on any atom is -0.389 e. The van der Waals surface area contributed by atoms with Crippen LogP contribution in [-0.2, 0) is 0 Å². The lowest BCUT2D eigenvalue weighted by Crippen LogP contribution is -2.26. The van der Waals surface area contributed by atoms with Crippen LogP contribution in [-0.4, -0.2) is 17.6 Å². The van der Waals surface area contributed by atoms with Gasteiger partial charge in [-0.05, 0) is 53.9 Å². The Labute approximate surface area is 110 Å². The maximum Gasteiger partial charge on any atom is 0.105 e. The molecule has 2 nitrogen and oxygen atoms in total. The summed E-state index contributed by atoms with van der Waals surface area (Å²) in [5.41, 5.74) is 7.79. The normalized spacial score (nSPS) is 20.1. The molecule has 0 amide bonds. The van der Waals surface area contributed by atoms with Crippen molar-refractivity contribution in [3.05, 3.63) is 28.2 Å². The molecule has 1 fully saturated rings. The van der Waals surface area contributed by atoms with E-state index in [1.165, 1.54) is 18.5 Å². The summed E-state index contributed by atoms with van der Waals surface area (Å²) in [4.78, 5) is 2.86. The van der Waals surface area contributed by atoms with Crippen LogP contribution in [0, 0.1) is 0 Å². The first-order valence-corrected chi connectivity index (χ1v) is 6.65. The molecular formula is C12H15BrN2S. The number of anilines is 1. The average molecular weight is 299 g/mol. The third-order valence-electron chi connectivity index (χ3n) is 3.10. The van der Waals surface area contributed by atoms with E-state index in [0.29, 0.717) is 11.0 Å². The highest BCUT2D eigenvalue weighted by Crippen LogP contribution is 2.29. The Morgan fingerprint density at radius 2 is 2.31 bits per heavy atom. The Hall–Kier alpha value is -0.610. The smallest absolute Gasteiger partial charge is 0.105 e. The zero-order valence-corrected chi connectivity index (χ0v) is 11.6. The monoisotopic (exact) mass is 298 g/mol. The third kappa shape index (κ3) is 2.23. The summed E-state index contributed by atoms with van der Waals surface area (Å²) in [6.07, 6.45) is 2.55. The molecule has 1 aliphatic heterocycles. The zero-order valence-electron chi connectivity index (χ0n) is 9.24. The summed E-state index contributed by atoms with van der Waals surface area (Å²) in [6, 6.07) is 6.83. The van der Waals surface area contributed by atoms with Gasteiger partial charge in [-0.2, -0.15) is 0 Å². The van der Waals surface area contributed by atoms with E-state index in [2.05, 4.69) is 39.9 Å². The van der Waals surface area contributed by atoms with Crippen LogP contribution in [0.5, 0.6) is 0 Å². The van der Waals surface area contributed by atoms with Crippen molar-refractivity contribution in [1.82, 2.24) is 0 Å². The number of nitrogens with two attached hydrogens (primary N) is 1. The fraction of sp³-hybridized carbons (Fsp3) is 0.417. The Morgan fingerprint density at radius 1 is 1.56 bits per heavy atom. The van der Waals surface area contributed by atoms with Gasteiger partial charge in [-0.15, -0.1) is 0 Å². The fourth-order valence-electron chi connectivity index (χ4n) is 2.20. The lowest BCUT2D eigenvalue weighted by molar-refractivity contribution is 0.735. The average Bonchev–Trinajstić information content (AvgIpc) is 2.63. The third-order valence-corrected chi connectivity index (χ3v) is 3.98. The number of nitrogens with zero attached hydrogens (tertiary/aromatic N) is 1. The van der Waals surface area contributed by atoms with Gasteiger partial charge < -0.3 is 10.6 Å². The molecule has 1 aromatic carbocycles. The molecule has 0 aromatic heterocycles. The van der Waals surface area contributed by atoms with Crippen LogP contribution in [0.2, 0.25) is 0 Å². The topological polar surface area (TPSA) is 29.3 Å². The molecule has 0 radical (unpaired) electrons. The van der Waals surface area contributed by atoms with E-state index in [1.54, 1.807) is 0 Å². The van der Waals surface area contributed by atoms with Crippen molar-refractivity contribution in [2.75, 3.05) is 11.4 Å². The van der Waals surface area contributed by atoms with E-state index in [1.807, 2.05) is 6.07 Å². The molecule has 0 bridgehead atoms. The van der Waals surface area contributed by atoms with E-state index >= 15 is 0 Å². The van der Waals surface area contributed by atoms with Crippen molar-refractivity contribution in [3.63, 3.8) is 0 Å². The summed E-state index contributed by atoms with van der Waals surface area (Å²) < 4.78 is 0.983. The molecule has 0 aliphatic carbocycles. The molecular weight excluding hydrogens is 284 g/mol. The summed E-state index contributed by atoms with van der Waals surface area (Å²) in [5.74, 6) is 0. The van der Waals surface area contributed by atoms with Gasteiger partial charge in [0.1, 0.15) is 4.99 Å². The highest BCUT2D eigenvalue weighted by atomic mass is 79.9. The van der Waals surface area contributed by atoms with Crippen molar-refractivity contribution in [3.8, 4) is 0 Å². The van der Waals surface area contributed by atoms with Crippen LogP contribution in [0.3, 0.4) is 0 Å². The number of hydrogen-bond donors (Lipinski definition) is 1. The summed E-state index contributed by atoms with van der Waals surface area (Å²) in [7, 11) is 0. The van der Waals surface area contributed by atoms with Crippen LogP contribution in [0.4, 0.5) is 5.69 Å². The molecule has 2 N–H and O–H groups in total. The van der Waals surface area contributed by atoms with Gasteiger partial charge >= 0.3 is 0 Å². The Balaban J connectivity index is 2.30. The molecule has 1 aliphatic rings. The Bertz CT molecular complexity index is 419. The van der Waals surface area contributed by atoms with E-state index in [9.17, 15) is 0 Å². The summed E-state index contributed by atoms with van der Waals surface area (Å²) in [5, 5.41) is 0. The molecule has 2 rings (SSSR count). The van der Waals surface area contributed by atoms with Crippen LogP contribution < -0.4 is 10.6 Å². The van der Waals surface area contributed by atoms with Gasteiger partial charge in [-0.3, -0.25) is 0 Å². The first-order valence-electron chi connectivity index (χ1n) is 5.45. The van der Waals surface area contributed by atoms with Crippen LogP contribution in [0.15, 0.2) is 22.7 Å². The molecule has 86 valence electrons. The number of halogens is 1. The summed E-state index contributed by atoms with van der Waals surface area (Å²) in [6.45, 7) is 3.41. The van der Waals surface area contributed by atoms with Crippen LogP contribution in [0.25, 0.3) is 0 Å². The fourth-order valence-corrected chi connectivity index (χ4v) is 3.09. The number of thiocarbonyl (C=S) groups is 1. The van der Waals surface area contributed by atoms with Crippen molar-refractivity contribution < 1.29 is 0 Å². The van der Waals surface area contributed by atoms with Crippen molar-refractivity contribution in [2.24, 2.45) is 5.73 Å². The van der Waals surface area contributed by atoms with E-state index in [4.69, 9.17) is 18.0 Å². The molecule has 1 heterocycles. The van der Waals surface area contributed by atoms with Gasteiger partial charge in [0.25, 0.3) is 0 Å². The Kier molecular flexibility index (Phi) is 3.50. The molecule has 4 heteroatoms. The van der Waals surface area contributed by atoms with Gasteiger partial charge in [0.15, 0.2) is 0 Å². The number of rotatable bonds is 2. The predicted octanol–water partition coefficient (Wildman–Crippen LogP) is 3.07. The molecule has 1 unspecified atom stereocenters. The number of benzene rings is 1. The lowest BCUT2D eigenvalue weighted by atomic mass is 10.2. The van der Waals surface area contributed by atoms with Crippen molar-refractivity contribution in [2.45, 2.75) is 25.8 Å². The lowest BCUT2D eigenvalue weighted by Gasteiger charge is -2.24. The van der Waals surface area contributed by atoms with E-state index in [-0.39, 0.29) is 0 Å². The predicted molar refractivity (Wildman–Crippen MR) is 76.1 cm³/mol. The Morgan fingerprint density at radius 3 is 2.81 bits per heavy atom. The van der Waals surface area contributed by atoms with Crippen LogP contribution in [0.1, 0.15) is 25.3 Å². The van der Waals surface area contributed by atoms with E-state index in [0.717, 1.165) is 16.6 Å². The minimum atomic E-state index is 0.438. The quantitative estimate of drug-likeness (QED) is 0.851. The molecule has 1 saturated heterocycles. The van der Waals surface area contributed by atoms with E-state index < -0.39 is 0 Å². The second-order valence-electron chi connectivity index (χ2n) is 4.21. The molecule has 0 saturated carbocycles. The SMILES string of the molecule is CC1CCCN1c1ccc(C(N)=S)c(Br)c1. The van der Waals surface area contributed by atoms with Gasteiger partial charge in [0.05, 0.1) is 0 Å². The standard InChI is InChI=1S/C12H15BrN2S/c1-8-3-2-6-15(8)9-4-5-10(12(14)16)11(13)7-9/h4-5,7-8H,2-3,6H2,1H3,(H2,14,16). The highest BCUT2D eigenvalue weighted by Gasteiger charge is 2.20. The van der Waals surface area contributed by atoms with Crippen molar-refractivity contribution >= 4 is 38.8 Å². The number of hydrogen-bond acceptors (Lipinski definition) is 2.